The highest BCUT2D eigenvalue weighted by atomic mass is 16.3. The molecule has 4 rings (SSSR count). The number of fused-ring (bicyclic) bond motifs is 5. The maximum absolute atomic E-state index is 11.2. The molecule has 2 nitrogen and oxygen atoms in total. The molecule has 4 saturated carbocycles. The van der Waals surface area contributed by atoms with Crippen LogP contribution in [0.4, 0.5) is 0 Å². The summed E-state index contributed by atoms with van der Waals surface area (Å²) in [5.74, 6) is 2.54. The van der Waals surface area contributed by atoms with E-state index in [4.69, 9.17) is 0 Å². The highest BCUT2D eigenvalue weighted by Crippen LogP contribution is 2.67. The third-order valence-electron chi connectivity index (χ3n) is 8.77. The van der Waals surface area contributed by atoms with Crippen LogP contribution in [0.15, 0.2) is 11.6 Å². The molecular formula is C21H34O2. The van der Waals surface area contributed by atoms with E-state index >= 15 is 0 Å². The summed E-state index contributed by atoms with van der Waals surface area (Å²) < 4.78 is 0. The zero-order valence-electron chi connectivity index (χ0n) is 15.1. The summed E-state index contributed by atoms with van der Waals surface area (Å²) in [5, 5.41) is 21.3. The van der Waals surface area contributed by atoms with Gasteiger partial charge in [0.2, 0.25) is 0 Å². The smallest absolute Gasteiger partial charge is 0.0584 e. The molecule has 2 N–H and O–H groups in total. The molecule has 2 heteroatoms. The van der Waals surface area contributed by atoms with Gasteiger partial charge in [-0.3, -0.25) is 0 Å². The number of hydrogen-bond acceptors (Lipinski definition) is 2. The van der Waals surface area contributed by atoms with E-state index in [1.54, 1.807) is 5.57 Å². The number of aliphatic hydroxyl groups excluding tert-OH is 2. The van der Waals surface area contributed by atoms with Gasteiger partial charge in [0.05, 0.1) is 12.2 Å². The summed E-state index contributed by atoms with van der Waals surface area (Å²) in [6, 6.07) is 0. The molecule has 0 aromatic rings. The standard InChI is InChI=1S/C21H34O2/c1-4-13-6-8-17-16-7-5-14-11-15(22)9-10-20(14,2)19(16)18(23)12-21(13,17)3/h4,14-19,22-23H,5-12H2,1-3H3/b13-4-/t14-,15-,16-,17-,18-,19+,20-,21+/m0/s1. The van der Waals surface area contributed by atoms with Crippen LogP contribution in [0.2, 0.25) is 0 Å². The fourth-order valence-electron chi connectivity index (χ4n) is 7.68. The minimum atomic E-state index is -0.155. The average Bonchev–Trinajstić information content (AvgIpc) is 2.83. The number of rotatable bonds is 0. The highest BCUT2D eigenvalue weighted by molar-refractivity contribution is 5.24. The van der Waals surface area contributed by atoms with Crippen LogP contribution in [0, 0.1) is 34.5 Å². The van der Waals surface area contributed by atoms with E-state index < -0.39 is 0 Å². The van der Waals surface area contributed by atoms with Crippen molar-refractivity contribution in [1.82, 2.24) is 0 Å². The summed E-state index contributed by atoms with van der Waals surface area (Å²) in [6.07, 6.45) is 11.1. The predicted octanol–water partition coefficient (Wildman–Crippen LogP) is 4.31. The van der Waals surface area contributed by atoms with E-state index in [9.17, 15) is 10.2 Å². The molecular weight excluding hydrogens is 284 g/mol. The lowest BCUT2D eigenvalue weighted by Gasteiger charge is -2.62. The van der Waals surface area contributed by atoms with Gasteiger partial charge in [-0.2, -0.15) is 0 Å². The molecule has 4 aliphatic carbocycles. The van der Waals surface area contributed by atoms with Crippen molar-refractivity contribution in [3.8, 4) is 0 Å². The van der Waals surface area contributed by atoms with Crippen molar-refractivity contribution in [2.45, 2.75) is 84.3 Å². The van der Waals surface area contributed by atoms with Gasteiger partial charge in [-0.25, -0.2) is 0 Å². The largest absolute Gasteiger partial charge is 0.393 e. The number of allylic oxidation sites excluding steroid dienone is 2. The third-order valence-corrected chi connectivity index (χ3v) is 8.77. The van der Waals surface area contributed by atoms with Gasteiger partial charge in [0, 0.05) is 0 Å². The zero-order chi connectivity index (χ0) is 16.4. The lowest BCUT2D eigenvalue weighted by Crippen LogP contribution is -2.58. The van der Waals surface area contributed by atoms with Gasteiger partial charge in [-0.05, 0) is 92.8 Å². The second-order valence-electron chi connectivity index (χ2n) is 9.55. The molecule has 0 aliphatic heterocycles. The van der Waals surface area contributed by atoms with E-state index in [0.717, 1.165) is 31.6 Å². The fraction of sp³-hybridized carbons (Fsp3) is 0.905. The monoisotopic (exact) mass is 318 g/mol. The number of hydrogen-bond donors (Lipinski definition) is 2. The van der Waals surface area contributed by atoms with Gasteiger partial charge in [0.1, 0.15) is 0 Å². The summed E-state index contributed by atoms with van der Waals surface area (Å²) in [7, 11) is 0. The average molecular weight is 319 g/mol. The van der Waals surface area contributed by atoms with E-state index in [1.807, 2.05) is 0 Å². The lowest BCUT2D eigenvalue weighted by atomic mass is 9.44. The van der Waals surface area contributed by atoms with E-state index in [0.29, 0.717) is 17.8 Å². The molecule has 0 aromatic carbocycles. The normalized spacial score (nSPS) is 57.7. The molecule has 23 heavy (non-hydrogen) atoms. The van der Waals surface area contributed by atoms with Gasteiger partial charge < -0.3 is 10.2 Å². The van der Waals surface area contributed by atoms with Gasteiger partial charge in [0.25, 0.3) is 0 Å². The van der Waals surface area contributed by atoms with Gasteiger partial charge in [-0.1, -0.05) is 25.5 Å². The Morgan fingerprint density at radius 2 is 1.87 bits per heavy atom. The summed E-state index contributed by atoms with van der Waals surface area (Å²) >= 11 is 0. The molecule has 0 unspecified atom stereocenters. The lowest BCUT2D eigenvalue weighted by molar-refractivity contribution is -0.167. The van der Waals surface area contributed by atoms with Crippen LogP contribution in [0.1, 0.15) is 72.1 Å². The molecule has 0 spiro atoms. The molecule has 0 aromatic heterocycles. The van der Waals surface area contributed by atoms with Crippen LogP contribution in [0.3, 0.4) is 0 Å². The van der Waals surface area contributed by atoms with Crippen LogP contribution >= 0.6 is 0 Å². The van der Waals surface area contributed by atoms with Crippen LogP contribution < -0.4 is 0 Å². The van der Waals surface area contributed by atoms with Crippen molar-refractivity contribution in [3.05, 3.63) is 11.6 Å². The Morgan fingerprint density at radius 1 is 1.09 bits per heavy atom. The first-order valence-corrected chi connectivity index (χ1v) is 9.92. The van der Waals surface area contributed by atoms with Crippen molar-refractivity contribution in [2.24, 2.45) is 34.5 Å². The topological polar surface area (TPSA) is 40.5 Å². The maximum Gasteiger partial charge on any atom is 0.0584 e. The first-order chi connectivity index (χ1) is 10.9. The van der Waals surface area contributed by atoms with Crippen molar-refractivity contribution >= 4 is 0 Å². The minimum Gasteiger partial charge on any atom is -0.393 e. The summed E-state index contributed by atoms with van der Waals surface area (Å²) in [5.41, 5.74) is 2.10. The van der Waals surface area contributed by atoms with Crippen LogP contribution in [0.5, 0.6) is 0 Å². The maximum atomic E-state index is 11.2. The molecule has 0 radical (unpaired) electrons. The second-order valence-corrected chi connectivity index (χ2v) is 9.55. The Hall–Kier alpha value is -0.340. The number of aliphatic hydroxyl groups is 2. The SMILES string of the molecule is C/C=C1/CC[C@H]2[C@@H]3CC[C@H]4C[C@@H](O)CC[C@]4(C)[C@H]3[C@@H](O)C[C@]12C. The molecule has 4 aliphatic rings. The molecule has 0 amide bonds. The molecule has 8 atom stereocenters. The van der Waals surface area contributed by atoms with Crippen LogP contribution in [0.25, 0.3) is 0 Å². The molecule has 4 fully saturated rings. The second kappa shape index (κ2) is 5.33. The Morgan fingerprint density at radius 3 is 2.61 bits per heavy atom. The van der Waals surface area contributed by atoms with Crippen molar-refractivity contribution in [1.29, 1.82) is 0 Å². The molecule has 0 saturated heterocycles. The van der Waals surface area contributed by atoms with Gasteiger partial charge in [-0.15, -0.1) is 0 Å². The van der Waals surface area contributed by atoms with E-state index in [1.165, 1.54) is 25.7 Å². The zero-order valence-corrected chi connectivity index (χ0v) is 15.1. The Kier molecular flexibility index (Phi) is 3.74. The molecule has 0 heterocycles. The Bertz CT molecular complexity index is 512. The third kappa shape index (κ3) is 2.13. The summed E-state index contributed by atoms with van der Waals surface area (Å²) in [6.45, 7) is 7.05. The van der Waals surface area contributed by atoms with Crippen LogP contribution in [-0.4, -0.2) is 22.4 Å². The van der Waals surface area contributed by atoms with Crippen molar-refractivity contribution in [3.63, 3.8) is 0 Å². The van der Waals surface area contributed by atoms with Gasteiger partial charge >= 0.3 is 0 Å². The first kappa shape index (κ1) is 16.1. The van der Waals surface area contributed by atoms with Crippen molar-refractivity contribution in [2.75, 3.05) is 0 Å². The van der Waals surface area contributed by atoms with E-state index in [2.05, 4.69) is 26.8 Å². The molecule has 0 bridgehead atoms. The first-order valence-electron chi connectivity index (χ1n) is 9.92. The highest BCUT2D eigenvalue weighted by Gasteiger charge is 2.61. The summed E-state index contributed by atoms with van der Waals surface area (Å²) in [4.78, 5) is 0. The predicted molar refractivity (Wildman–Crippen MR) is 92.9 cm³/mol. The Balaban J connectivity index is 1.69. The van der Waals surface area contributed by atoms with Crippen molar-refractivity contribution < 1.29 is 10.2 Å². The van der Waals surface area contributed by atoms with Gasteiger partial charge in [0.15, 0.2) is 0 Å². The molecule has 130 valence electrons. The minimum absolute atomic E-state index is 0.100. The fourth-order valence-corrected chi connectivity index (χ4v) is 7.68. The Labute approximate surface area is 141 Å². The van der Waals surface area contributed by atoms with E-state index in [-0.39, 0.29) is 23.0 Å². The quantitative estimate of drug-likeness (QED) is 0.654. The van der Waals surface area contributed by atoms with Crippen LogP contribution in [-0.2, 0) is 0 Å².